The number of hydrogen-bond donors (Lipinski definition) is 1. The molecule has 0 spiro atoms. The summed E-state index contributed by atoms with van der Waals surface area (Å²) in [4.78, 5) is 16.9. The van der Waals surface area contributed by atoms with Crippen LogP contribution in [0.4, 0.5) is 5.69 Å². The first-order valence-corrected chi connectivity index (χ1v) is 9.88. The van der Waals surface area contributed by atoms with Crippen LogP contribution >= 0.6 is 0 Å². The van der Waals surface area contributed by atoms with Gasteiger partial charge in [-0.1, -0.05) is 26.7 Å². The normalized spacial score (nSPS) is 13.8. The lowest BCUT2D eigenvalue weighted by molar-refractivity contribution is 0.102. The number of methoxy groups -OCH3 is 1. The molecule has 0 bridgehead atoms. The van der Waals surface area contributed by atoms with Crippen molar-refractivity contribution in [1.29, 1.82) is 0 Å². The molecule has 4 rings (SSSR count). The molecule has 0 saturated heterocycles. The number of hydrogen-bond acceptors (Lipinski definition) is 5. The number of ether oxygens (including phenoxy) is 2. The molecule has 1 aliphatic rings. The average molecular weight is 396 g/mol. The number of carbonyl (C=O) groups is 1. The maximum Gasteiger partial charge on any atom is 0.261 e. The van der Waals surface area contributed by atoms with E-state index in [0.29, 0.717) is 22.6 Å². The van der Waals surface area contributed by atoms with Gasteiger partial charge in [-0.05, 0) is 26.0 Å². The first-order valence-electron chi connectivity index (χ1n) is 9.88. The predicted octanol–water partition coefficient (Wildman–Crippen LogP) is 4.51. The molecule has 1 aromatic carbocycles. The quantitative estimate of drug-likeness (QED) is 0.702. The highest BCUT2D eigenvalue weighted by Crippen LogP contribution is 2.41. The van der Waals surface area contributed by atoms with Crippen LogP contribution in [0.2, 0.25) is 0 Å². The summed E-state index contributed by atoms with van der Waals surface area (Å²) in [5.74, 6) is 1.05. The number of anilines is 1. The first kappa shape index (κ1) is 20.6. The molecule has 2 aromatic heterocycles. The fraction of sp³-hybridized carbons (Fsp3) is 0.409. The van der Waals surface area contributed by atoms with Crippen molar-refractivity contribution in [2.24, 2.45) is 0 Å². The van der Waals surface area contributed by atoms with Gasteiger partial charge in [0.05, 0.1) is 19.0 Å². The van der Waals surface area contributed by atoms with Gasteiger partial charge in [-0.2, -0.15) is 5.10 Å². The molecule has 7 nitrogen and oxygen atoms in total. The van der Waals surface area contributed by atoms with Gasteiger partial charge < -0.3 is 14.8 Å². The van der Waals surface area contributed by atoms with Gasteiger partial charge in [0.2, 0.25) is 0 Å². The zero-order valence-corrected chi connectivity index (χ0v) is 17.7. The molecule has 0 fully saturated rings. The standard InChI is InChI=1S/C18H18N4O3.C4H10/c1-18(2)9-11-7-13(15(24-3)8-14(11)25-18)21-17(23)12-10-20-22-6-4-5-19-16(12)22;1-3-4-2/h4-8,10H,9H2,1-3H3,(H,21,23);3-4H2,1-2H3. The molecule has 154 valence electrons. The number of amides is 1. The summed E-state index contributed by atoms with van der Waals surface area (Å²) in [5, 5.41) is 7.04. The van der Waals surface area contributed by atoms with Gasteiger partial charge >= 0.3 is 0 Å². The molecular weight excluding hydrogens is 368 g/mol. The Balaban J connectivity index is 0.000000552. The lowest BCUT2D eigenvalue weighted by atomic mass is 10.0. The Hall–Kier alpha value is -3.09. The Labute approximate surface area is 171 Å². The van der Waals surface area contributed by atoms with E-state index < -0.39 is 0 Å². The summed E-state index contributed by atoms with van der Waals surface area (Å²) in [6.07, 6.45) is 8.29. The molecule has 0 saturated carbocycles. The van der Waals surface area contributed by atoms with E-state index in [0.717, 1.165) is 17.7 Å². The summed E-state index contributed by atoms with van der Waals surface area (Å²) in [5.41, 5.74) is 2.29. The molecule has 0 radical (unpaired) electrons. The van der Waals surface area contributed by atoms with Gasteiger partial charge in [0.1, 0.15) is 22.7 Å². The molecule has 29 heavy (non-hydrogen) atoms. The molecule has 1 amide bonds. The summed E-state index contributed by atoms with van der Waals surface area (Å²) in [6, 6.07) is 5.47. The third-order valence-corrected chi connectivity index (χ3v) is 4.66. The second-order valence-corrected chi connectivity index (χ2v) is 7.60. The van der Waals surface area contributed by atoms with Crippen molar-refractivity contribution in [2.45, 2.75) is 52.6 Å². The number of fused-ring (bicyclic) bond motifs is 2. The second-order valence-electron chi connectivity index (χ2n) is 7.60. The van der Waals surface area contributed by atoms with Crippen LogP contribution in [0.15, 0.2) is 36.8 Å². The van der Waals surface area contributed by atoms with Gasteiger partial charge in [0.25, 0.3) is 5.91 Å². The van der Waals surface area contributed by atoms with Crippen LogP contribution in [0.5, 0.6) is 11.5 Å². The summed E-state index contributed by atoms with van der Waals surface area (Å²) in [6.45, 7) is 8.42. The largest absolute Gasteiger partial charge is 0.494 e. The number of nitrogens with zero attached hydrogens (tertiary/aromatic N) is 3. The van der Waals surface area contributed by atoms with Crippen molar-refractivity contribution in [3.05, 3.63) is 47.9 Å². The zero-order chi connectivity index (χ0) is 21.0. The van der Waals surface area contributed by atoms with E-state index in [9.17, 15) is 4.79 Å². The molecule has 1 N–H and O–H groups in total. The van der Waals surface area contributed by atoms with Crippen molar-refractivity contribution in [3.8, 4) is 11.5 Å². The van der Waals surface area contributed by atoms with Crippen molar-refractivity contribution in [3.63, 3.8) is 0 Å². The van der Waals surface area contributed by atoms with Gasteiger partial charge in [-0.25, -0.2) is 9.50 Å². The van der Waals surface area contributed by atoms with E-state index in [4.69, 9.17) is 9.47 Å². The van der Waals surface area contributed by atoms with Crippen LogP contribution in [-0.2, 0) is 6.42 Å². The lowest BCUT2D eigenvalue weighted by Gasteiger charge is -2.17. The van der Waals surface area contributed by atoms with Crippen LogP contribution in [0.3, 0.4) is 0 Å². The molecule has 1 aliphatic heterocycles. The van der Waals surface area contributed by atoms with E-state index in [1.165, 1.54) is 19.0 Å². The predicted molar refractivity (Wildman–Crippen MR) is 113 cm³/mol. The maximum absolute atomic E-state index is 12.7. The van der Waals surface area contributed by atoms with Gasteiger partial charge in [0, 0.05) is 30.4 Å². The monoisotopic (exact) mass is 396 g/mol. The Bertz CT molecular complexity index is 1010. The Morgan fingerprint density at radius 1 is 1.31 bits per heavy atom. The highest BCUT2D eigenvalue weighted by Gasteiger charge is 2.31. The van der Waals surface area contributed by atoms with Gasteiger partial charge in [0.15, 0.2) is 5.65 Å². The zero-order valence-electron chi connectivity index (χ0n) is 17.7. The van der Waals surface area contributed by atoms with Crippen LogP contribution < -0.4 is 14.8 Å². The van der Waals surface area contributed by atoms with Crippen LogP contribution in [0.25, 0.3) is 5.65 Å². The van der Waals surface area contributed by atoms with E-state index >= 15 is 0 Å². The third kappa shape index (κ3) is 4.50. The molecule has 7 heteroatoms. The number of rotatable bonds is 4. The molecular formula is C22H28N4O3. The maximum atomic E-state index is 12.7. The molecule has 0 unspecified atom stereocenters. The highest BCUT2D eigenvalue weighted by molar-refractivity contribution is 6.08. The minimum absolute atomic E-state index is 0.262. The second kappa shape index (κ2) is 8.51. The molecule has 3 heterocycles. The van der Waals surface area contributed by atoms with Crippen molar-refractivity contribution in [1.82, 2.24) is 14.6 Å². The molecule has 0 aliphatic carbocycles. The van der Waals surface area contributed by atoms with Crippen molar-refractivity contribution >= 4 is 17.2 Å². The minimum Gasteiger partial charge on any atom is -0.494 e. The van der Waals surface area contributed by atoms with Crippen LogP contribution in [-0.4, -0.2) is 33.2 Å². The number of carbonyl (C=O) groups excluding carboxylic acids is 1. The topological polar surface area (TPSA) is 77.8 Å². The van der Waals surface area contributed by atoms with Gasteiger partial charge in [-0.3, -0.25) is 4.79 Å². The number of aromatic nitrogens is 3. The van der Waals surface area contributed by atoms with Gasteiger partial charge in [-0.15, -0.1) is 0 Å². The van der Waals surface area contributed by atoms with Crippen molar-refractivity contribution < 1.29 is 14.3 Å². The number of unbranched alkanes of at least 4 members (excludes halogenated alkanes) is 1. The Morgan fingerprint density at radius 3 is 2.76 bits per heavy atom. The summed E-state index contributed by atoms with van der Waals surface area (Å²) in [7, 11) is 1.56. The fourth-order valence-electron chi connectivity index (χ4n) is 3.08. The van der Waals surface area contributed by atoms with Crippen molar-refractivity contribution in [2.75, 3.05) is 12.4 Å². The summed E-state index contributed by atoms with van der Waals surface area (Å²) < 4.78 is 12.9. The Morgan fingerprint density at radius 2 is 2.07 bits per heavy atom. The average Bonchev–Trinajstić information content (AvgIpc) is 3.26. The van der Waals surface area contributed by atoms with E-state index in [2.05, 4.69) is 29.2 Å². The van der Waals surface area contributed by atoms with Crippen LogP contribution in [0, 0.1) is 0 Å². The third-order valence-electron chi connectivity index (χ3n) is 4.66. The van der Waals surface area contributed by atoms with Crippen LogP contribution in [0.1, 0.15) is 56.5 Å². The number of nitrogens with one attached hydrogen (secondary N) is 1. The first-order chi connectivity index (χ1) is 13.9. The summed E-state index contributed by atoms with van der Waals surface area (Å²) >= 11 is 0. The van der Waals surface area contributed by atoms with E-state index in [1.54, 1.807) is 30.1 Å². The highest BCUT2D eigenvalue weighted by atomic mass is 16.5. The minimum atomic E-state index is -0.287. The van der Waals surface area contributed by atoms with E-state index in [1.807, 2.05) is 26.0 Å². The SMILES string of the molecule is CCCC.COc1cc2c(cc1NC(=O)c1cnn3cccnc13)CC(C)(C)O2. The molecule has 3 aromatic rings. The Kier molecular flexibility index (Phi) is 6.06. The fourth-order valence-corrected chi connectivity index (χ4v) is 3.08. The lowest BCUT2D eigenvalue weighted by Crippen LogP contribution is -2.24. The molecule has 0 atom stereocenters. The number of benzene rings is 1. The van der Waals surface area contributed by atoms with E-state index in [-0.39, 0.29) is 11.5 Å². The smallest absolute Gasteiger partial charge is 0.261 e.